The van der Waals surface area contributed by atoms with Gasteiger partial charge in [0.1, 0.15) is 0 Å². The van der Waals surface area contributed by atoms with Gasteiger partial charge in [-0.05, 0) is 68.7 Å². The van der Waals surface area contributed by atoms with Crippen molar-refractivity contribution < 1.29 is 0 Å². The summed E-state index contributed by atoms with van der Waals surface area (Å²) >= 11 is 0. The van der Waals surface area contributed by atoms with Gasteiger partial charge in [-0.15, -0.1) is 0 Å². The fourth-order valence-corrected chi connectivity index (χ4v) is 5.62. The summed E-state index contributed by atoms with van der Waals surface area (Å²) in [7, 11) is 2.00. The Balaban J connectivity index is 1.52. The average Bonchev–Trinajstić information content (AvgIpc) is 2.74. The van der Waals surface area contributed by atoms with E-state index in [1.54, 1.807) is 0 Å². The van der Waals surface area contributed by atoms with Crippen LogP contribution >= 0.6 is 0 Å². The highest BCUT2D eigenvalue weighted by Crippen LogP contribution is 2.60. The maximum atomic E-state index is 4.59. The molecule has 1 aromatic heterocycles. The van der Waals surface area contributed by atoms with Gasteiger partial charge in [0.2, 0.25) is 0 Å². The van der Waals surface area contributed by atoms with Crippen molar-refractivity contribution >= 4 is 0 Å². The lowest BCUT2D eigenvalue weighted by Crippen LogP contribution is -2.47. The van der Waals surface area contributed by atoms with E-state index in [1.807, 2.05) is 13.2 Å². The minimum atomic E-state index is 0.595. The Morgan fingerprint density at radius 2 is 1.84 bits per heavy atom. The summed E-state index contributed by atoms with van der Waals surface area (Å²) in [5, 5.41) is 7.79. The number of hydrogen-bond donors (Lipinski definition) is 1. The highest BCUT2D eigenvalue weighted by atomic mass is 15.3. The Labute approximate surface area is 115 Å². The minimum Gasteiger partial charge on any atom is -0.316 e. The van der Waals surface area contributed by atoms with E-state index in [0.29, 0.717) is 5.41 Å². The molecule has 0 amide bonds. The van der Waals surface area contributed by atoms with E-state index in [1.165, 1.54) is 50.6 Å². The molecule has 5 rings (SSSR count). The molecule has 3 nitrogen and oxygen atoms in total. The summed E-state index contributed by atoms with van der Waals surface area (Å²) in [6.45, 7) is 2.10. The maximum Gasteiger partial charge on any atom is 0.0534 e. The number of hydrogen-bond acceptors (Lipinski definition) is 2. The lowest BCUT2D eigenvalue weighted by Gasteiger charge is -2.56. The van der Waals surface area contributed by atoms with E-state index in [2.05, 4.69) is 21.3 Å². The summed E-state index contributed by atoms with van der Waals surface area (Å²) in [5.74, 6) is 3.12. The van der Waals surface area contributed by atoms with Gasteiger partial charge in [-0.3, -0.25) is 4.68 Å². The van der Waals surface area contributed by atoms with E-state index in [4.69, 9.17) is 0 Å². The molecule has 0 atom stereocenters. The van der Waals surface area contributed by atoms with Crippen molar-refractivity contribution in [1.82, 2.24) is 15.1 Å². The third-order valence-electron chi connectivity index (χ3n) is 5.73. The SMILES string of the molecule is CNCc1cnn(CC23CC4CC(CC(C4)C2)C3)c1. The van der Waals surface area contributed by atoms with Gasteiger partial charge in [0.15, 0.2) is 0 Å². The fraction of sp³-hybridized carbons (Fsp3) is 0.812. The largest absolute Gasteiger partial charge is 0.316 e. The summed E-state index contributed by atoms with van der Waals surface area (Å²) in [6.07, 6.45) is 13.3. The van der Waals surface area contributed by atoms with Gasteiger partial charge in [-0.2, -0.15) is 5.10 Å². The molecule has 19 heavy (non-hydrogen) atoms. The second-order valence-electron chi connectivity index (χ2n) is 7.49. The van der Waals surface area contributed by atoms with Crippen LogP contribution < -0.4 is 5.32 Å². The molecule has 4 bridgehead atoms. The van der Waals surface area contributed by atoms with Crippen molar-refractivity contribution in [2.45, 2.75) is 51.6 Å². The predicted octanol–water partition coefficient (Wildman–Crippen LogP) is 2.82. The van der Waals surface area contributed by atoms with E-state index in [0.717, 1.165) is 24.3 Å². The molecule has 0 unspecified atom stereocenters. The number of rotatable bonds is 4. The highest BCUT2D eigenvalue weighted by Gasteiger charge is 2.50. The number of nitrogens with one attached hydrogen (secondary N) is 1. The molecule has 104 valence electrons. The summed E-state index contributed by atoms with van der Waals surface area (Å²) in [5.41, 5.74) is 1.91. The topological polar surface area (TPSA) is 29.9 Å². The third kappa shape index (κ3) is 2.12. The van der Waals surface area contributed by atoms with E-state index >= 15 is 0 Å². The molecule has 1 N–H and O–H groups in total. The van der Waals surface area contributed by atoms with Crippen LogP contribution in [0.3, 0.4) is 0 Å². The van der Waals surface area contributed by atoms with Gasteiger partial charge < -0.3 is 5.32 Å². The quantitative estimate of drug-likeness (QED) is 0.901. The van der Waals surface area contributed by atoms with E-state index in [9.17, 15) is 0 Å². The molecule has 0 aliphatic heterocycles. The third-order valence-corrected chi connectivity index (χ3v) is 5.73. The second-order valence-corrected chi connectivity index (χ2v) is 7.49. The van der Waals surface area contributed by atoms with Gasteiger partial charge in [0, 0.05) is 24.8 Å². The lowest BCUT2D eigenvalue weighted by atomic mass is 9.49. The predicted molar refractivity (Wildman–Crippen MR) is 75.6 cm³/mol. The molecule has 1 aromatic rings. The van der Waals surface area contributed by atoms with Gasteiger partial charge in [0.25, 0.3) is 0 Å². The monoisotopic (exact) mass is 259 g/mol. The van der Waals surface area contributed by atoms with Crippen molar-refractivity contribution in [1.29, 1.82) is 0 Å². The van der Waals surface area contributed by atoms with Gasteiger partial charge >= 0.3 is 0 Å². The van der Waals surface area contributed by atoms with Crippen molar-refractivity contribution in [3.05, 3.63) is 18.0 Å². The highest BCUT2D eigenvalue weighted by molar-refractivity contribution is 5.05. The Morgan fingerprint density at radius 3 is 2.42 bits per heavy atom. The Hall–Kier alpha value is -0.830. The molecule has 4 saturated carbocycles. The number of aromatic nitrogens is 2. The van der Waals surface area contributed by atoms with Crippen molar-refractivity contribution in [3.63, 3.8) is 0 Å². The zero-order chi connectivity index (χ0) is 12.9. The first-order valence-electron chi connectivity index (χ1n) is 7.91. The molecule has 4 aliphatic carbocycles. The first-order chi connectivity index (χ1) is 9.25. The molecule has 0 saturated heterocycles. The van der Waals surface area contributed by atoms with Crippen molar-refractivity contribution in [2.24, 2.45) is 23.2 Å². The van der Waals surface area contributed by atoms with E-state index in [-0.39, 0.29) is 0 Å². The Kier molecular flexibility index (Phi) is 2.73. The van der Waals surface area contributed by atoms with Crippen LogP contribution in [0.5, 0.6) is 0 Å². The van der Waals surface area contributed by atoms with Crippen LogP contribution in [0.15, 0.2) is 12.4 Å². The van der Waals surface area contributed by atoms with E-state index < -0.39 is 0 Å². The molecule has 3 heteroatoms. The molecular weight excluding hydrogens is 234 g/mol. The summed E-state index contributed by atoms with van der Waals surface area (Å²) < 4.78 is 2.22. The van der Waals surface area contributed by atoms with Crippen LogP contribution in [0.4, 0.5) is 0 Å². The molecule has 4 fully saturated rings. The van der Waals surface area contributed by atoms with Gasteiger partial charge in [-0.25, -0.2) is 0 Å². The van der Waals surface area contributed by atoms with Crippen molar-refractivity contribution in [2.75, 3.05) is 7.05 Å². The van der Waals surface area contributed by atoms with Crippen LogP contribution in [0.25, 0.3) is 0 Å². The first kappa shape index (κ1) is 12.0. The van der Waals surface area contributed by atoms with Crippen LogP contribution in [0.1, 0.15) is 44.1 Å². The van der Waals surface area contributed by atoms with Gasteiger partial charge in [0.05, 0.1) is 6.20 Å². The molecule has 1 heterocycles. The molecule has 0 aromatic carbocycles. The maximum absolute atomic E-state index is 4.59. The van der Waals surface area contributed by atoms with Crippen LogP contribution in [0, 0.1) is 23.2 Å². The lowest BCUT2D eigenvalue weighted by molar-refractivity contribution is -0.0635. The minimum absolute atomic E-state index is 0.595. The normalized spacial score (nSPS) is 39.9. The van der Waals surface area contributed by atoms with Crippen molar-refractivity contribution in [3.8, 4) is 0 Å². The molecule has 0 radical (unpaired) electrons. The van der Waals surface area contributed by atoms with Gasteiger partial charge in [-0.1, -0.05) is 0 Å². The van der Waals surface area contributed by atoms with Crippen LogP contribution in [-0.4, -0.2) is 16.8 Å². The zero-order valence-electron chi connectivity index (χ0n) is 11.9. The smallest absolute Gasteiger partial charge is 0.0534 e. The Bertz CT molecular complexity index is 427. The first-order valence-corrected chi connectivity index (χ1v) is 7.91. The number of nitrogens with zero attached hydrogens (tertiary/aromatic N) is 2. The zero-order valence-corrected chi connectivity index (χ0v) is 11.9. The van der Waals surface area contributed by atoms with Crippen LogP contribution in [0.2, 0.25) is 0 Å². The second kappa shape index (κ2) is 4.34. The molecular formula is C16H25N3. The summed E-state index contributed by atoms with van der Waals surface area (Å²) in [6, 6.07) is 0. The fourth-order valence-electron chi connectivity index (χ4n) is 5.62. The molecule has 0 spiro atoms. The standard InChI is InChI=1S/C16H25N3/c1-17-8-15-9-18-19(10-15)11-16-5-12-2-13(6-16)4-14(3-12)7-16/h9-10,12-14,17H,2-8,11H2,1H3. The van der Waals surface area contributed by atoms with Crippen LogP contribution in [-0.2, 0) is 13.1 Å². The Morgan fingerprint density at radius 1 is 1.21 bits per heavy atom. The average molecular weight is 259 g/mol. The molecule has 4 aliphatic rings. The summed E-state index contributed by atoms with van der Waals surface area (Å²) in [4.78, 5) is 0.